The average Bonchev–Trinajstić information content (AvgIpc) is 2.88. The second-order valence-corrected chi connectivity index (χ2v) is 5.84. The van der Waals surface area contributed by atoms with Crippen molar-refractivity contribution in [2.45, 2.75) is 26.3 Å². The molecule has 0 saturated carbocycles. The first-order chi connectivity index (χ1) is 11.1. The maximum atomic E-state index is 12.1. The Morgan fingerprint density at radius 3 is 2.78 bits per heavy atom. The predicted octanol–water partition coefficient (Wildman–Crippen LogP) is 3.13. The van der Waals surface area contributed by atoms with Crippen LogP contribution in [0.25, 0.3) is 11.0 Å². The largest absolute Gasteiger partial charge is 0.349 e. The second-order valence-electron chi connectivity index (χ2n) is 5.84. The van der Waals surface area contributed by atoms with Crippen molar-refractivity contribution < 1.29 is 4.79 Å². The molecule has 0 saturated heterocycles. The molecule has 0 bridgehead atoms. The summed E-state index contributed by atoms with van der Waals surface area (Å²) in [6, 6.07) is 16.3. The lowest BCUT2D eigenvalue weighted by molar-refractivity contribution is -0.121. The number of fused-ring (bicyclic) bond motifs is 1. The van der Waals surface area contributed by atoms with Crippen LogP contribution in [0.15, 0.2) is 48.5 Å². The van der Waals surface area contributed by atoms with Gasteiger partial charge >= 0.3 is 0 Å². The van der Waals surface area contributed by atoms with Crippen LogP contribution in [0.1, 0.15) is 23.4 Å². The molecule has 0 spiro atoms. The van der Waals surface area contributed by atoms with E-state index in [1.807, 2.05) is 41.9 Å². The highest BCUT2D eigenvalue weighted by molar-refractivity contribution is 5.77. The summed E-state index contributed by atoms with van der Waals surface area (Å²) < 4.78 is 2.02. The van der Waals surface area contributed by atoms with E-state index in [-0.39, 0.29) is 5.91 Å². The van der Waals surface area contributed by atoms with E-state index in [1.165, 1.54) is 11.1 Å². The van der Waals surface area contributed by atoms with Crippen molar-refractivity contribution in [1.82, 2.24) is 14.9 Å². The van der Waals surface area contributed by atoms with Crippen LogP contribution in [0.2, 0.25) is 0 Å². The summed E-state index contributed by atoms with van der Waals surface area (Å²) in [5.74, 6) is 0.925. The van der Waals surface area contributed by atoms with E-state index >= 15 is 0 Å². The van der Waals surface area contributed by atoms with Crippen molar-refractivity contribution in [3.63, 3.8) is 0 Å². The van der Waals surface area contributed by atoms with Crippen molar-refractivity contribution >= 4 is 16.9 Å². The lowest BCUT2D eigenvalue weighted by atomic mass is 10.1. The monoisotopic (exact) mass is 307 g/mol. The molecule has 0 aliphatic rings. The van der Waals surface area contributed by atoms with E-state index in [0.29, 0.717) is 13.0 Å². The molecule has 3 aromatic rings. The normalized spacial score (nSPS) is 10.9. The van der Waals surface area contributed by atoms with Gasteiger partial charge in [-0.3, -0.25) is 4.79 Å². The number of aromatic nitrogens is 2. The number of hydrogen-bond acceptors (Lipinski definition) is 2. The third-order valence-electron chi connectivity index (χ3n) is 4.05. The minimum Gasteiger partial charge on any atom is -0.349 e. The summed E-state index contributed by atoms with van der Waals surface area (Å²) in [5.41, 5.74) is 4.46. The van der Waals surface area contributed by atoms with E-state index < -0.39 is 0 Å². The molecule has 0 aliphatic heterocycles. The molecule has 1 aromatic heterocycles. The molecule has 1 amide bonds. The van der Waals surface area contributed by atoms with Crippen LogP contribution >= 0.6 is 0 Å². The fourth-order valence-corrected chi connectivity index (χ4v) is 2.75. The lowest BCUT2D eigenvalue weighted by Gasteiger charge is -2.06. The Kier molecular flexibility index (Phi) is 4.42. The first-order valence-electron chi connectivity index (χ1n) is 7.86. The molecule has 2 aromatic carbocycles. The van der Waals surface area contributed by atoms with Crippen LogP contribution in [0, 0.1) is 6.92 Å². The number of hydrogen-bond donors (Lipinski definition) is 1. The number of amides is 1. The number of imidazole rings is 1. The van der Waals surface area contributed by atoms with Crippen molar-refractivity contribution in [2.24, 2.45) is 7.05 Å². The predicted molar refractivity (Wildman–Crippen MR) is 92.1 cm³/mol. The van der Waals surface area contributed by atoms with Gasteiger partial charge in [0.1, 0.15) is 5.82 Å². The number of benzene rings is 2. The molecule has 0 aliphatic carbocycles. The quantitative estimate of drug-likeness (QED) is 0.787. The highest BCUT2D eigenvalue weighted by Gasteiger charge is 2.08. The van der Waals surface area contributed by atoms with Gasteiger partial charge in [-0.1, -0.05) is 42.0 Å². The summed E-state index contributed by atoms with van der Waals surface area (Å²) in [7, 11) is 1.98. The number of nitrogens with zero attached hydrogens (tertiary/aromatic N) is 2. The van der Waals surface area contributed by atoms with E-state index in [9.17, 15) is 4.79 Å². The number of aryl methyl sites for hydroxylation is 3. The summed E-state index contributed by atoms with van der Waals surface area (Å²) in [5, 5.41) is 2.96. The average molecular weight is 307 g/mol. The van der Waals surface area contributed by atoms with E-state index in [1.54, 1.807) is 0 Å². The van der Waals surface area contributed by atoms with Crippen LogP contribution in [-0.2, 0) is 24.8 Å². The highest BCUT2D eigenvalue weighted by Crippen LogP contribution is 2.14. The van der Waals surface area contributed by atoms with Gasteiger partial charge in [-0.2, -0.15) is 0 Å². The Morgan fingerprint density at radius 1 is 1.17 bits per heavy atom. The Morgan fingerprint density at radius 2 is 2.00 bits per heavy atom. The fourth-order valence-electron chi connectivity index (χ4n) is 2.75. The van der Waals surface area contributed by atoms with Crippen molar-refractivity contribution in [3.8, 4) is 0 Å². The molecule has 1 N–H and O–H groups in total. The maximum Gasteiger partial charge on any atom is 0.220 e. The molecule has 118 valence electrons. The van der Waals surface area contributed by atoms with Crippen LogP contribution in [0.5, 0.6) is 0 Å². The van der Waals surface area contributed by atoms with Gasteiger partial charge in [0.15, 0.2) is 0 Å². The van der Waals surface area contributed by atoms with Crippen LogP contribution < -0.4 is 5.32 Å². The number of para-hydroxylation sites is 2. The number of nitrogens with one attached hydrogen (secondary N) is 1. The molecule has 4 nitrogen and oxygen atoms in total. The summed E-state index contributed by atoms with van der Waals surface area (Å²) in [4.78, 5) is 16.6. The molecule has 1 heterocycles. The molecule has 0 unspecified atom stereocenters. The van der Waals surface area contributed by atoms with Gasteiger partial charge in [0.05, 0.1) is 17.6 Å². The summed E-state index contributed by atoms with van der Waals surface area (Å²) >= 11 is 0. The molecular weight excluding hydrogens is 286 g/mol. The molecule has 0 fully saturated rings. The van der Waals surface area contributed by atoms with Crippen LogP contribution in [-0.4, -0.2) is 15.5 Å². The maximum absolute atomic E-state index is 12.1. The second kappa shape index (κ2) is 6.65. The minimum absolute atomic E-state index is 0.0542. The molecule has 0 atom stereocenters. The summed E-state index contributed by atoms with van der Waals surface area (Å²) in [6.07, 6.45) is 1.25. The Balaban J connectivity index is 1.57. The topological polar surface area (TPSA) is 46.9 Å². The third-order valence-corrected chi connectivity index (χ3v) is 4.05. The molecule has 4 heteroatoms. The molecular formula is C19H21N3O. The van der Waals surface area contributed by atoms with Gasteiger partial charge in [-0.25, -0.2) is 4.98 Å². The van der Waals surface area contributed by atoms with Crippen LogP contribution in [0.3, 0.4) is 0 Å². The Labute approximate surface area is 136 Å². The number of carbonyl (C=O) groups excluding carboxylic acids is 1. The number of carbonyl (C=O) groups is 1. The molecule has 3 rings (SSSR count). The van der Waals surface area contributed by atoms with E-state index in [0.717, 1.165) is 23.3 Å². The fraction of sp³-hybridized carbons (Fsp3) is 0.263. The van der Waals surface area contributed by atoms with Gasteiger partial charge in [0.25, 0.3) is 0 Å². The number of rotatable bonds is 5. The lowest BCUT2D eigenvalue weighted by Crippen LogP contribution is -2.24. The first kappa shape index (κ1) is 15.3. The standard InChI is InChI=1S/C19H21N3O/c1-14-6-5-7-15(12-14)10-11-19(23)20-13-18-21-16-8-3-4-9-17(16)22(18)2/h3-9,12H,10-11,13H2,1-2H3,(H,20,23). The summed E-state index contributed by atoms with van der Waals surface area (Å²) in [6.45, 7) is 2.52. The van der Waals surface area contributed by atoms with Crippen molar-refractivity contribution in [2.75, 3.05) is 0 Å². The Bertz CT molecular complexity index is 836. The first-order valence-corrected chi connectivity index (χ1v) is 7.86. The highest BCUT2D eigenvalue weighted by atomic mass is 16.1. The van der Waals surface area contributed by atoms with Crippen molar-refractivity contribution in [3.05, 3.63) is 65.5 Å². The van der Waals surface area contributed by atoms with Gasteiger partial charge < -0.3 is 9.88 Å². The van der Waals surface area contributed by atoms with Crippen LogP contribution in [0.4, 0.5) is 0 Å². The SMILES string of the molecule is Cc1cccc(CCC(=O)NCc2nc3ccccc3n2C)c1. The molecule has 0 radical (unpaired) electrons. The minimum atomic E-state index is 0.0542. The Hall–Kier alpha value is -2.62. The van der Waals surface area contributed by atoms with Gasteiger partial charge in [-0.15, -0.1) is 0 Å². The zero-order valence-corrected chi connectivity index (χ0v) is 13.5. The van der Waals surface area contributed by atoms with E-state index in [4.69, 9.17) is 0 Å². The third kappa shape index (κ3) is 3.59. The van der Waals surface area contributed by atoms with Gasteiger partial charge in [0.2, 0.25) is 5.91 Å². The zero-order valence-electron chi connectivity index (χ0n) is 13.5. The van der Waals surface area contributed by atoms with Gasteiger partial charge in [-0.05, 0) is 31.0 Å². The molecule has 23 heavy (non-hydrogen) atoms. The van der Waals surface area contributed by atoms with Crippen molar-refractivity contribution in [1.29, 1.82) is 0 Å². The zero-order chi connectivity index (χ0) is 16.2. The van der Waals surface area contributed by atoms with E-state index in [2.05, 4.69) is 35.4 Å². The smallest absolute Gasteiger partial charge is 0.220 e. The van der Waals surface area contributed by atoms with Gasteiger partial charge in [0, 0.05) is 13.5 Å².